The van der Waals surface area contributed by atoms with E-state index in [4.69, 9.17) is 0 Å². The summed E-state index contributed by atoms with van der Waals surface area (Å²) in [5, 5.41) is 3.50. The van der Waals surface area contributed by atoms with E-state index < -0.39 is 0 Å². The Bertz CT molecular complexity index is 786. The van der Waals surface area contributed by atoms with E-state index in [0.29, 0.717) is 12.5 Å². The number of likely N-dealkylation sites (tertiary alicyclic amines) is 1. The van der Waals surface area contributed by atoms with Crippen LogP contribution in [0.5, 0.6) is 0 Å². The molecule has 3 unspecified atom stereocenters. The van der Waals surface area contributed by atoms with Crippen LogP contribution >= 0.6 is 0 Å². The second-order valence-electron chi connectivity index (χ2n) is 11.1. The lowest BCUT2D eigenvalue weighted by atomic mass is 9.80. The van der Waals surface area contributed by atoms with Gasteiger partial charge in [-0.05, 0) is 99.9 Å². The Morgan fingerprint density at radius 3 is 2.47 bits per heavy atom. The third-order valence-electron chi connectivity index (χ3n) is 9.05. The van der Waals surface area contributed by atoms with Gasteiger partial charge in [-0.15, -0.1) is 0 Å². The number of benzene rings is 1. The lowest BCUT2D eigenvalue weighted by Crippen LogP contribution is -2.47. The number of carbonyl (C=O) groups excluding carboxylic acids is 2. The monoisotopic (exact) mass is 436 g/mol. The van der Waals surface area contributed by atoms with Crippen molar-refractivity contribution < 1.29 is 9.59 Å². The molecule has 4 heteroatoms. The third kappa shape index (κ3) is 5.05. The van der Waals surface area contributed by atoms with E-state index >= 15 is 0 Å². The lowest BCUT2D eigenvalue weighted by molar-refractivity contribution is -0.136. The minimum atomic E-state index is 0.0924. The summed E-state index contributed by atoms with van der Waals surface area (Å²) >= 11 is 0. The molecule has 1 N–H and O–H groups in total. The second kappa shape index (κ2) is 9.97. The molecular weight excluding hydrogens is 396 g/mol. The van der Waals surface area contributed by atoms with Gasteiger partial charge in [-0.2, -0.15) is 0 Å². The number of rotatable bonds is 7. The maximum absolute atomic E-state index is 13.1. The molecule has 0 spiro atoms. The Kier molecular flexibility index (Phi) is 6.85. The van der Waals surface area contributed by atoms with Crippen molar-refractivity contribution in [2.45, 2.75) is 83.1 Å². The molecule has 0 radical (unpaired) electrons. The van der Waals surface area contributed by atoms with E-state index in [1.54, 1.807) is 0 Å². The van der Waals surface area contributed by atoms with Gasteiger partial charge in [0.25, 0.3) is 0 Å². The molecule has 3 aliphatic carbocycles. The molecule has 174 valence electrons. The Morgan fingerprint density at radius 2 is 1.66 bits per heavy atom. The van der Waals surface area contributed by atoms with Gasteiger partial charge < -0.3 is 10.2 Å². The molecule has 4 fully saturated rings. The van der Waals surface area contributed by atoms with Crippen LogP contribution in [0.15, 0.2) is 30.3 Å². The minimum Gasteiger partial charge on any atom is -0.353 e. The molecule has 1 aromatic rings. The van der Waals surface area contributed by atoms with Crippen LogP contribution in [0.4, 0.5) is 0 Å². The molecule has 5 atom stereocenters. The number of amides is 2. The molecule has 3 saturated carbocycles. The number of carbonyl (C=O) groups is 2. The first-order valence-corrected chi connectivity index (χ1v) is 13.3. The number of aryl methyl sites for hydroxylation is 1. The molecule has 1 aromatic carbocycles. The summed E-state index contributed by atoms with van der Waals surface area (Å²) < 4.78 is 0. The molecule has 1 saturated heterocycles. The van der Waals surface area contributed by atoms with Gasteiger partial charge in [0, 0.05) is 31.5 Å². The maximum atomic E-state index is 13.1. The largest absolute Gasteiger partial charge is 0.353 e. The number of nitrogens with one attached hydrogen (secondary N) is 1. The van der Waals surface area contributed by atoms with Crippen molar-refractivity contribution in [1.82, 2.24) is 10.2 Å². The molecular formula is C28H40N2O2. The number of hydrogen-bond donors (Lipinski definition) is 1. The molecule has 32 heavy (non-hydrogen) atoms. The van der Waals surface area contributed by atoms with Crippen LogP contribution in [0.1, 0.15) is 76.2 Å². The van der Waals surface area contributed by atoms with E-state index in [-0.39, 0.29) is 17.7 Å². The number of unbranched alkanes of at least 4 members (excludes halogenated alkanes) is 1. The van der Waals surface area contributed by atoms with Crippen molar-refractivity contribution in [3.05, 3.63) is 35.9 Å². The first kappa shape index (κ1) is 22.0. The van der Waals surface area contributed by atoms with Crippen molar-refractivity contribution >= 4 is 11.8 Å². The highest BCUT2D eigenvalue weighted by Gasteiger charge is 2.46. The number of piperidine rings is 1. The summed E-state index contributed by atoms with van der Waals surface area (Å²) in [7, 11) is 0. The molecule has 4 nitrogen and oxygen atoms in total. The third-order valence-corrected chi connectivity index (χ3v) is 9.05. The zero-order valence-corrected chi connectivity index (χ0v) is 19.5. The van der Waals surface area contributed by atoms with Crippen molar-refractivity contribution in [1.29, 1.82) is 0 Å². The number of nitrogens with zero attached hydrogens (tertiary/aromatic N) is 1. The fourth-order valence-electron chi connectivity index (χ4n) is 7.37. The van der Waals surface area contributed by atoms with Crippen LogP contribution in [0.2, 0.25) is 0 Å². The average Bonchev–Trinajstić information content (AvgIpc) is 3.07. The van der Waals surface area contributed by atoms with Crippen LogP contribution in [-0.4, -0.2) is 35.8 Å². The molecule has 5 rings (SSSR count). The van der Waals surface area contributed by atoms with Crippen LogP contribution in [0.3, 0.4) is 0 Å². The molecule has 4 aliphatic rings. The normalized spacial score (nSPS) is 32.0. The Balaban J connectivity index is 1.03. The van der Waals surface area contributed by atoms with Gasteiger partial charge in [0.2, 0.25) is 11.8 Å². The Labute approximate surface area is 193 Å². The van der Waals surface area contributed by atoms with E-state index in [2.05, 4.69) is 29.6 Å². The standard InChI is InChI=1S/C28H40N2O2/c31-27(9-5-4-8-20-6-2-1-3-7-20)30-14-12-23(13-15-30)28(32)29-26-11-10-21-16-22-18-24(17-21)25(26)19-22/h1-3,6-7,21-26H,4-5,8-19H2,(H,29,32)/t21-,22?,24-,25?,26?/m1/s1. The van der Waals surface area contributed by atoms with E-state index in [9.17, 15) is 9.59 Å². The van der Waals surface area contributed by atoms with Gasteiger partial charge in [0.1, 0.15) is 0 Å². The van der Waals surface area contributed by atoms with E-state index in [1.807, 2.05) is 11.0 Å². The van der Waals surface area contributed by atoms with Crippen molar-refractivity contribution in [3.63, 3.8) is 0 Å². The predicted octanol–water partition coefficient (Wildman–Crippen LogP) is 4.97. The fourth-order valence-corrected chi connectivity index (χ4v) is 7.37. The molecule has 1 aliphatic heterocycles. The summed E-state index contributed by atoms with van der Waals surface area (Å²) in [5.74, 6) is 4.09. The van der Waals surface area contributed by atoms with Crippen molar-refractivity contribution in [3.8, 4) is 0 Å². The summed E-state index contributed by atoms with van der Waals surface area (Å²) in [4.78, 5) is 27.7. The maximum Gasteiger partial charge on any atom is 0.223 e. The number of hydrogen-bond acceptors (Lipinski definition) is 2. The minimum absolute atomic E-state index is 0.0924. The number of fused-ring (bicyclic) bond motifs is 2. The Hall–Kier alpha value is -1.84. The van der Waals surface area contributed by atoms with Crippen LogP contribution in [0, 0.1) is 29.6 Å². The molecule has 1 heterocycles. The second-order valence-corrected chi connectivity index (χ2v) is 11.1. The predicted molar refractivity (Wildman–Crippen MR) is 127 cm³/mol. The Morgan fingerprint density at radius 1 is 0.875 bits per heavy atom. The van der Waals surface area contributed by atoms with Gasteiger partial charge >= 0.3 is 0 Å². The van der Waals surface area contributed by atoms with Gasteiger partial charge in [-0.1, -0.05) is 30.3 Å². The lowest BCUT2D eigenvalue weighted by Gasteiger charge is -2.34. The zero-order valence-electron chi connectivity index (χ0n) is 19.5. The SMILES string of the molecule is O=C(NC1CC[C@@H]2CC3CC1[C@@H](C3)C2)C1CCN(C(=O)CCCCc2ccccc2)CC1. The van der Waals surface area contributed by atoms with Gasteiger partial charge in [0.15, 0.2) is 0 Å². The van der Waals surface area contributed by atoms with E-state index in [0.717, 1.165) is 68.9 Å². The van der Waals surface area contributed by atoms with Crippen molar-refractivity contribution in [2.24, 2.45) is 29.6 Å². The molecule has 3 bridgehead atoms. The van der Waals surface area contributed by atoms with Crippen LogP contribution in [-0.2, 0) is 16.0 Å². The summed E-state index contributed by atoms with van der Waals surface area (Å²) in [6, 6.07) is 10.9. The fraction of sp³-hybridized carbons (Fsp3) is 0.714. The van der Waals surface area contributed by atoms with Gasteiger partial charge in [-0.25, -0.2) is 0 Å². The first-order chi connectivity index (χ1) is 15.7. The van der Waals surface area contributed by atoms with Crippen molar-refractivity contribution in [2.75, 3.05) is 13.1 Å². The summed E-state index contributed by atoms with van der Waals surface area (Å²) in [6.45, 7) is 1.49. The van der Waals surface area contributed by atoms with Gasteiger partial charge in [-0.3, -0.25) is 9.59 Å². The highest BCUT2D eigenvalue weighted by molar-refractivity contribution is 5.80. The quantitative estimate of drug-likeness (QED) is 0.614. The van der Waals surface area contributed by atoms with Crippen LogP contribution in [0.25, 0.3) is 0 Å². The summed E-state index contributed by atoms with van der Waals surface area (Å²) in [5.41, 5.74) is 1.35. The topological polar surface area (TPSA) is 49.4 Å². The molecule has 2 amide bonds. The smallest absolute Gasteiger partial charge is 0.223 e. The highest BCUT2D eigenvalue weighted by Crippen LogP contribution is 2.53. The van der Waals surface area contributed by atoms with Gasteiger partial charge in [0.05, 0.1) is 0 Å². The van der Waals surface area contributed by atoms with Crippen LogP contribution < -0.4 is 5.32 Å². The average molecular weight is 437 g/mol. The zero-order chi connectivity index (χ0) is 21.9. The first-order valence-electron chi connectivity index (χ1n) is 13.3. The van der Waals surface area contributed by atoms with E-state index in [1.165, 1.54) is 44.1 Å². The highest BCUT2D eigenvalue weighted by atomic mass is 16.2. The summed E-state index contributed by atoms with van der Waals surface area (Å²) in [6.07, 6.45) is 13.5. The molecule has 0 aromatic heterocycles.